The molecule has 0 aromatic carbocycles. The second kappa shape index (κ2) is 6.56. The molecular weight excluding hydrogens is 318 g/mol. The monoisotopic (exact) mass is 334 g/mol. The van der Waals surface area contributed by atoms with Crippen molar-refractivity contribution in [2.45, 2.75) is 30.8 Å². The summed E-state index contributed by atoms with van der Waals surface area (Å²) in [5, 5.41) is 9.19. The summed E-state index contributed by atoms with van der Waals surface area (Å²) in [5.41, 5.74) is 9.40. The van der Waals surface area contributed by atoms with Gasteiger partial charge >= 0.3 is 17.6 Å². The Labute approximate surface area is 128 Å². The van der Waals surface area contributed by atoms with Gasteiger partial charge in [-0.05, 0) is 6.07 Å². The zero-order valence-electron chi connectivity index (χ0n) is 11.9. The first-order chi connectivity index (χ1) is 10.8. The lowest BCUT2D eigenvalue weighted by molar-refractivity contribution is -0.176. The van der Waals surface area contributed by atoms with E-state index in [1.54, 1.807) is 0 Å². The molecule has 11 heteroatoms. The molecule has 0 radical (unpaired) electrons. The van der Waals surface area contributed by atoms with Crippen molar-refractivity contribution >= 4 is 11.8 Å². The van der Waals surface area contributed by atoms with Gasteiger partial charge in [0.05, 0.1) is 13.0 Å². The number of aromatic nitrogens is 2. The van der Waals surface area contributed by atoms with Crippen molar-refractivity contribution < 1.29 is 28.2 Å². The van der Waals surface area contributed by atoms with Gasteiger partial charge in [0, 0.05) is 12.7 Å². The molecule has 0 aliphatic carbocycles. The van der Waals surface area contributed by atoms with Crippen LogP contribution in [0.4, 0.5) is 14.6 Å². The van der Waals surface area contributed by atoms with Gasteiger partial charge in [0.15, 0.2) is 6.10 Å². The first-order valence-corrected chi connectivity index (χ1v) is 6.69. The van der Waals surface area contributed by atoms with Gasteiger partial charge in [-0.2, -0.15) is 13.8 Å². The lowest BCUT2D eigenvalue weighted by Crippen LogP contribution is -2.44. The summed E-state index contributed by atoms with van der Waals surface area (Å²) in [6, 6.07) is 1.14. The maximum atomic E-state index is 14.5. The number of rotatable bonds is 5. The van der Waals surface area contributed by atoms with Crippen LogP contribution in [0.15, 0.2) is 17.1 Å². The smallest absolute Gasteiger partial charge is 0.351 e. The first-order valence-electron chi connectivity index (χ1n) is 6.69. The van der Waals surface area contributed by atoms with E-state index in [2.05, 4.69) is 9.72 Å². The van der Waals surface area contributed by atoms with Crippen LogP contribution >= 0.6 is 0 Å². The van der Waals surface area contributed by atoms with E-state index in [1.807, 2.05) is 0 Å². The van der Waals surface area contributed by atoms with E-state index in [0.29, 0.717) is 4.57 Å². The molecule has 2 heterocycles. The minimum Gasteiger partial charge on any atom is -0.453 e. The predicted molar refractivity (Wildman–Crippen MR) is 72.4 cm³/mol. The number of halogens is 2. The predicted octanol–water partition coefficient (Wildman–Crippen LogP) is -1.39. The zero-order valence-corrected chi connectivity index (χ0v) is 11.9. The van der Waals surface area contributed by atoms with E-state index in [1.165, 1.54) is 0 Å². The van der Waals surface area contributed by atoms with Crippen molar-refractivity contribution in [3.8, 4) is 0 Å². The van der Waals surface area contributed by atoms with Crippen LogP contribution in [-0.2, 0) is 14.3 Å². The van der Waals surface area contributed by atoms with E-state index in [0.717, 1.165) is 12.3 Å². The standard InChI is InChI=1S/C12H16F2N4O5/c13-12(14)9(23-8(20)1-3-15)6(5-19)22-10(12)18-4-2-7(16)17-11(18)21/h2,4,6,9-10,19H,1,3,5,15H2,(H2,16,17,21). The summed E-state index contributed by atoms with van der Waals surface area (Å²) in [6.07, 6.45) is -4.92. The second-order valence-corrected chi connectivity index (χ2v) is 4.88. The number of nitrogens with two attached hydrogens (primary N) is 2. The molecule has 5 N–H and O–H groups in total. The van der Waals surface area contributed by atoms with Gasteiger partial charge in [0.2, 0.25) is 6.23 Å². The number of alkyl halides is 2. The van der Waals surface area contributed by atoms with Crippen LogP contribution in [0.2, 0.25) is 0 Å². The quantitative estimate of drug-likeness (QED) is 0.559. The molecule has 3 unspecified atom stereocenters. The lowest BCUT2D eigenvalue weighted by Gasteiger charge is -2.23. The van der Waals surface area contributed by atoms with E-state index >= 15 is 0 Å². The summed E-state index contributed by atoms with van der Waals surface area (Å²) in [6.45, 7) is -0.906. The number of aliphatic hydroxyl groups is 1. The summed E-state index contributed by atoms with van der Waals surface area (Å²) in [7, 11) is 0. The van der Waals surface area contributed by atoms with Gasteiger partial charge in [0.25, 0.3) is 0 Å². The number of aliphatic hydroxyl groups excluding tert-OH is 1. The number of carbonyl (C=O) groups is 1. The van der Waals surface area contributed by atoms with Gasteiger partial charge in [-0.15, -0.1) is 0 Å². The van der Waals surface area contributed by atoms with Crippen LogP contribution in [0.3, 0.4) is 0 Å². The SMILES string of the molecule is NCCC(=O)OC1C(CO)OC(n2ccc(N)nc2=O)C1(F)F. The van der Waals surface area contributed by atoms with Crippen molar-refractivity contribution in [2.24, 2.45) is 5.73 Å². The molecule has 3 atom stereocenters. The maximum absolute atomic E-state index is 14.5. The van der Waals surface area contributed by atoms with Crippen LogP contribution in [0, 0.1) is 0 Å². The Morgan fingerprint density at radius 1 is 1.57 bits per heavy atom. The number of nitrogens with zero attached hydrogens (tertiary/aromatic N) is 2. The topological polar surface area (TPSA) is 143 Å². The molecule has 1 aromatic rings. The summed E-state index contributed by atoms with van der Waals surface area (Å²) in [5.74, 6) is -4.86. The molecule has 23 heavy (non-hydrogen) atoms. The molecule has 128 valence electrons. The fraction of sp³-hybridized carbons (Fsp3) is 0.583. The van der Waals surface area contributed by atoms with Crippen LogP contribution in [0.1, 0.15) is 12.6 Å². The van der Waals surface area contributed by atoms with Crippen molar-refractivity contribution in [2.75, 3.05) is 18.9 Å². The van der Waals surface area contributed by atoms with Gasteiger partial charge in [-0.1, -0.05) is 0 Å². The van der Waals surface area contributed by atoms with Crippen molar-refractivity contribution in [1.82, 2.24) is 9.55 Å². The van der Waals surface area contributed by atoms with E-state index in [-0.39, 0.29) is 18.8 Å². The molecule has 0 saturated carbocycles. The third-order valence-corrected chi connectivity index (χ3v) is 3.24. The van der Waals surface area contributed by atoms with Crippen LogP contribution in [-0.4, -0.2) is 51.9 Å². The third kappa shape index (κ3) is 3.30. The van der Waals surface area contributed by atoms with Crippen LogP contribution < -0.4 is 17.2 Å². The Balaban J connectivity index is 2.32. The Morgan fingerprint density at radius 2 is 2.26 bits per heavy atom. The molecular formula is C12H16F2N4O5. The molecule has 1 aromatic heterocycles. The largest absolute Gasteiger partial charge is 0.453 e. The van der Waals surface area contributed by atoms with Gasteiger partial charge in [-0.3, -0.25) is 9.36 Å². The Morgan fingerprint density at radius 3 is 2.83 bits per heavy atom. The van der Waals surface area contributed by atoms with Gasteiger partial charge in [-0.25, -0.2) is 4.79 Å². The second-order valence-electron chi connectivity index (χ2n) is 4.88. The number of ether oxygens (including phenoxy) is 2. The molecule has 0 spiro atoms. The molecule has 1 saturated heterocycles. The summed E-state index contributed by atoms with van der Waals surface area (Å²) < 4.78 is 39.2. The van der Waals surface area contributed by atoms with Crippen LogP contribution in [0.5, 0.6) is 0 Å². The van der Waals surface area contributed by atoms with Gasteiger partial charge in [0.1, 0.15) is 11.9 Å². The number of nitrogen functional groups attached to an aromatic ring is 1. The third-order valence-electron chi connectivity index (χ3n) is 3.24. The fourth-order valence-electron chi connectivity index (χ4n) is 2.18. The maximum Gasteiger partial charge on any atom is 0.351 e. The van der Waals surface area contributed by atoms with E-state index in [9.17, 15) is 23.5 Å². The van der Waals surface area contributed by atoms with E-state index < -0.39 is 42.6 Å². The van der Waals surface area contributed by atoms with Crippen LogP contribution in [0.25, 0.3) is 0 Å². The molecule has 1 fully saturated rings. The Kier molecular flexibility index (Phi) is 4.92. The highest BCUT2D eigenvalue weighted by Gasteiger charge is 2.62. The number of anilines is 1. The highest BCUT2D eigenvalue weighted by molar-refractivity contribution is 5.70. The van der Waals surface area contributed by atoms with Crippen molar-refractivity contribution in [3.63, 3.8) is 0 Å². The highest BCUT2D eigenvalue weighted by Crippen LogP contribution is 2.43. The number of carbonyl (C=O) groups excluding carboxylic acids is 1. The number of esters is 1. The minimum atomic E-state index is -3.76. The van der Waals surface area contributed by atoms with Crippen molar-refractivity contribution in [3.05, 3.63) is 22.7 Å². The molecule has 9 nitrogen and oxygen atoms in total. The van der Waals surface area contributed by atoms with E-state index in [4.69, 9.17) is 16.2 Å². The molecule has 1 aliphatic rings. The fourth-order valence-corrected chi connectivity index (χ4v) is 2.18. The molecule has 1 aliphatic heterocycles. The lowest BCUT2D eigenvalue weighted by atomic mass is 10.1. The summed E-state index contributed by atoms with van der Waals surface area (Å²) in [4.78, 5) is 26.5. The normalized spacial score (nSPS) is 26.2. The Hall–Kier alpha value is -2.11. The first kappa shape index (κ1) is 17.2. The number of hydrogen-bond donors (Lipinski definition) is 3. The highest BCUT2D eigenvalue weighted by atomic mass is 19.3. The minimum absolute atomic E-state index is 0.0768. The average Bonchev–Trinajstić information content (AvgIpc) is 2.71. The number of hydrogen-bond acceptors (Lipinski definition) is 8. The Bertz CT molecular complexity index is 638. The zero-order chi connectivity index (χ0) is 17.2. The molecule has 2 rings (SSSR count). The van der Waals surface area contributed by atoms with Gasteiger partial charge < -0.3 is 26.0 Å². The molecule has 0 amide bonds. The average molecular weight is 334 g/mol. The summed E-state index contributed by atoms with van der Waals surface area (Å²) >= 11 is 0. The van der Waals surface area contributed by atoms with Crippen molar-refractivity contribution in [1.29, 1.82) is 0 Å². The molecule has 0 bridgehead atoms.